The molecule has 0 saturated carbocycles. The fourth-order valence-electron chi connectivity index (χ4n) is 15.6. The molecule has 4 heteroatoms. The van der Waals surface area contributed by atoms with E-state index < -0.39 is 10.8 Å². The van der Waals surface area contributed by atoms with Gasteiger partial charge in [0, 0.05) is 34.1 Å². The summed E-state index contributed by atoms with van der Waals surface area (Å²) in [5.41, 5.74) is 26.4. The number of benzene rings is 14. The second-order valence-corrected chi connectivity index (χ2v) is 28.9. The molecule has 0 spiro atoms. The van der Waals surface area contributed by atoms with Gasteiger partial charge >= 0.3 is 0 Å². The lowest BCUT2D eigenvalue weighted by Crippen LogP contribution is -2.29. The Balaban J connectivity index is 0.764. The first-order chi connectivity index (χ1) is 49.7. The van der Waals surface area contributed by atoms with Crippen LogP contribution in [0.15, 0.2) is 353 Å². The second-order valence-electron chi connectivity index (χ2n) is 28.9. The summed E-state index contributed by atoms with van der Waals surface area (Å²) < 4.78 is 13.0. The smallest absolute Gasteiger partial charge is 0.127 e. The van der Waals surface area contributed by atoms with E-state index >= 15 is 0 Å². The van der Waals surface area contributed by atoms with Crippen LogP contribution in [0.2, 0.25) is 0 Å². The molecule has 102 heavy (non-hydrogen) atoms. The molecule has 0 radical (unpaired) electrons. The van der Waals surface area contributed by atoms with E-state index in [1.165, 1.54) is 66.8 Å². The van der Waals surface area contributed by atoms with Crippen molar-refractivity contribution in [3.63, 3.8) is 0 Å². The zero-order valence-electron chi connectivity index (χ0n) is 58.6. The number of nitrogens with zero attached hydrogens (tertiary/aromatic N) is 2. The maximum atomic E-state index is 6.49. The van der Waals surface area contributed by atoms with Gasteiger partial charge in [-0.15, -0.1) is 0 Å². The lowest BCUT2D eigenvalue weighted by atomic mass is 9.67. The fourth-order valence-corrected chi connectivity index (χ4v) is 15.6. The maximum absolute atomic E-state index is 6.49. The molecule has 2 atom stereocenters. The van der Waals surface area contributed by atoms with Crippen LogP contribution in [0.25, 0.3) is 45.5 Å². The molecule has 16 rings (SSSR count). The summed E-state index contributed by atoms with van der Waals surface area (Å²) in [6.07, 6.45) is 3.70. The lowest BCUT2D eigenvalue weighted by Gasteiger charge is -2.35. The quantitative estimate of drug-likeness (QED) is 0.0907. The third-order valence-electron chi connectivity index (χ3n) is 20.8. The Kier molecular flexibility index (Phi) is 16.5. The van der Waals surface area contributed by atoms with Crippen LogP contribution in [0.3, 0.4) is 0 Å². The van der Waals surface area contributed by atoms with Crippen molar-refractivity contribution in [2.75, 3.05) is 9.80 Å². The van der Waals surface area contributed by atoms with Crippen molar-refractivity contribution in [3.8, 4) is 56.4 Å². The van der Waals surface area contributed by atoms with Crippen LogP contribution >= 0.6 is 0 Å². The van der Waals surface area contributed by atoms with Crippen molar-refractivity contribution in [1.29, 1.82) is 0 Å². The van der Waals surface area contributed by atoms with Gasteiger partial charge in [-0.2, -0.15) is 0 Å². The number of fused-ring (bicyclic) bond motifs is 6. The van der Waals surface area contributed by atoms with E-state index in [1.807, 2.05) is 60.7 Å². The summed E-state index contributed by atoms with van der Waals surface area (Å²) >= 11 is 0. The van der Waals surface area contributed by atoms with Gasteiger partial charge in [0.1, 0.15) is 23.0 Å². The highest BCUT2D eigenvalue weighted by Crippen LogP contribution is 2.60. The zero-order chi connectivity index (χ0) is 69.7. The van der Waals surface area contributed by atoms with Crippen molar-refractivity contribution in [2.45, 2.75) is 63.2 Å². The minimum absolute atomic E-state index is 0.0202. The Hall–Kier alpha value is -12.2. The third-order valence-corrected chi connectivity index (χ3v) is 20.8. The molecule has 0 amide bonds. The van der Waals surface area contributed by atoms with E-state index in [0.29, 0.717) is 0 Å². The molecule has 494 valence electrons. The molecule has 14 aromatic rings. The second kappa shape index (κ2) is 26.1. The molecular weight excluding hydrogens is 1240 g/mol. The average molecular weight is 1320 g/mol. The SMILES string of the molecule is C=Cc1ccc(Oc2ccc(C3(c4ccc(C(C)(C)C)cc4)c4ccccc4-c4ccc(N(c5ccccc5)c5ccc(-c6ccc(N(c7ccccc7)c7ccc8c(c7)C(c7ccc(Oc9ccc(C=C)cc9)cc7)(c7ccc(C(C)(C)C)cc7)c7ccccc7-8)cc6)cc5)cc43)cc2)cc1. The molecule has 0 fully saturated rings. The Bertz CT molecular complexity index is 5040. The molecule has 0 bridgehead atoms. The first kappa shape index (κ1) is 64.4. The number of para-hydroxylation sites is 2. The van der Waals surface area contributed by atoms with Crippen molar-refractivity contribution >= 4 is 46.3 Å². The largest absolute Gasteiger partial charge is 0.457 e. The van der Waals surface area contributed by atoms with Crippen LogP contribution in [0, 0.1) is 0 Å². The molecule has 4 nitrogen and oxygen atoms in total. The van der Waals surface area contributed by atoms with Crippen LogP contribution in [0.4, 0.5) is 34.1 Å². The van der Waals surface area contributed by atoms with Gasteiger partial charge in [0.15, 0.2) is 0 Å². The van der Waals surface area contributed by atoms with Crippen molar-refractivity contribution in [3.05, 3.63) is 420 Å². The molecule has 0 heterocycles. The molecular formula is C98H80N2O2. The van der Waals surface area contributed by atoms with Crippen LogP contribution in [0.1, 0.15) is 108 Å². The third kappa shape index (κ3) is 11.5. The average Bonchev–Trinajstić information content (AvgIpc) is 1.57. The summed E-state index contributed by atoms with van der Waals surface area (Å²) in [6, 6.07) is 124. The Labute approximate surface area is 601 Å². The van der Waals surface area contributed by atoms with E-state index in [1.54, 1.807) is 0 Å². The molecule has 2 unspecified atom stereocenters. The van der Waals surface area contributed by atoms with Crippen LogP contribution < -0.4 is 19.3 Å². The highest BCUT2D eigenvalue weighted by atomic mass is 16.5. The number of ether oxygens (including phenoxy) is 2. The number of hydrogen-bond acceptors (Lipinski definition) is 4. The summed E-state index contributed by atoms with van der Waals surface area (Å²) in [6.45, 7) is 21.6. The van der Waals surface area contributed by atoms with Gasteiger partial charge in [0.25, 0.3) is 0 Å². The minimum Gasteiger partial charge on any atom is -0.457 e. The predicted octanol–water partition coefficient (Wildman–Crippen LogP) is 26.5. The Morgan fingerprint density at radius 3 is 0.863 bits per heavy atom. The molecule has 14 aromatic carbocycles. The number of hydrogen-bond donors (Lipinski definition) is 0. The highest BCUT2D eigenvalue weighted by Gasteiger charge is 2.48. The maximum Gasteiger partial charge on any atom is 0.127 e. The lowest BCUT2D eigenvalue weighted by molar-refractivity contribution is 0.482. The number of anilines is 6. The van der Waals surface area contributed by atoms with Gasteiger partial charge in [-0.05, 0) is 232 Å². The highest BCUT2D eigenvalue weighted by molar-refractivity contribution is 5.92. The zero-order valence-corrected chi connectivity index (χ0v) is 58.6. The minimum atomic E-state index is -0.670. The Morgan fingerprint density at radius 2 is 0.539 bits per heavy atom. The first-order valence-electron chi connectivity index (χ1n) is 35.3. The van der Waals surface area contributed by atoms with Crippen LogP contribution in [-0.4, -0.2) is 0 Å². The van der Waals surface area contributed by atoms with E-state index in [2.05, 4.69) is 356 Å². The molecule has 0 aliphatic heterocycles. The standard InChI is InChI=1S/C98H80N2O2/c1-9-67-29-55-83(56-30-67)101-85-59-45-75(46-60-85)97(73-41-37-71(38-42-73)95(3,4)5)91-27-19-17-25-87(91)89-63-53-81(65-93(89)97)99(77-21-13-11-14-22-77)79-49-33-69(34-50-79)70-35-51-80(52-36-70)100(78-23-15-12-16-24-78)82-54-64-90-88-26-18-20-28-92(88)98(94(90)66-82,74-43-39-72(40-44-74)96(6,7)8)76-47-61-86(62-48-76)102-84-57-31-68(10-2)32-58-84/h9-66H,1-2H2,3-8H3. The van der Waals surface area contributed by atoms with Crippen molar-refractivity contribution < 1.29 is 9.47 Å². The topological polar surface area (TPSA) is 24.9 Å². The summed E-state index contributed by atoms with van der Waals surface area (Å²) in [5.74, 6) is 3.09. The normalized spacial score (nSPS) is 14.9. The monoisotopic (exact) mass is 1320 g/mol. The molecule has 2 aliphatic carbocycles. The van der Waals surface area contributed by atoms with Gasteiger partial charge in [0.2, 0.25) is 0 Å². The Morgan fingerprint density at radius 1 is 0.265 bits per heavy atom. The van der Waals surface area contributed by atoms with Gasteiger partial charge in [-0.3, -0.25) is 0 Å². The van der Waals surface area contributed by atoms with Crippen LogP contribution in [0.5, 0.6) is 23.0 Å². The molecule has 0 saturated heterocycles. The summed E-state index contributed by atoms with van der Waals surface area (Å²) in [4.78, 5) is 4.80. The van der Waals surface area contributed by atoms with E-state index in [4.69, 9.17) is 9.47 Å². The van der Waals surface area contributed by atoms with E-state index in [0.717, 1.165) is 90.5 Å². The van der Waals surface area contributed by atoms with Gasteiger partial charge in [-0.25, -0.2) is 0 Å². The predicted molar refractivity (Wildman–Crippen MR) is 426 cm³/mol. The van der Waals surface area contributed by atoms with Crippen LogP contribution in [-0.2, 0) is 21.7 Å². The molecule has 0 aromatic heterocycles. The molecule has 2 aliphatic rings. The van der Waals surface area contributed by atoms with E-state index in [-0.39, 0.29) is 10.8 Å². The van der Waals surface area contributed by atoms with Gasteiger partial charge < -0.3 is 19.3 Å². The summed E-state index contributed by atoms with van der Waals surface area (Å²) in [7, 11) is 0. The van der Waals surface area contributed by atoms with Crippen molar-refractivity contribution in [2.24, 2.45) is 0 Å². The van der Waals surface area contributed by atoms with Crippen molar-refractivity contribution in [1.82, 2.24) is 0 Å². The fraction of sp³-hybridized carbons (Fsp3) is 0.102. The van der Waals surface area contributed by atoms with E-state index in [9.17, 15) is 0 Å². The number of rotatable bonds is 17. The van der Waals surface area contributed by atoms with Gasteiger partial charge in [0.05, 0.1) is 10.8 Å². The molecule has 0 N–H and O–H groups in total. The summed E-state index contributed by atoms with van der Waals surface area (Å²) in [5, 5.41) is 0. The first-order valence-corrected chi connectivity index (χ1v) is 35.3. The van der Waals surface area contributed by atoms with Gasteiger partial charge in [-0.1, -0.05) is 285 Å².